The topological polar surface area (TPSA) is 98.4 Å². The van der Waals surface area contributed by atoms with Crippen LogP contribution in [-0.2, 0) is 0 Å². The number of likely N-dealkylation sites (tertiary alicyclic amines) is 1. The highest BCUT2D eigenvalue weighted by atomic mass is 19.1. The van der Waals surface area contributed by atoms with E-state index in [-0.39, 0.29) is 23.1 Å². The smallest absolute Gasteiger partial charge is 0.263 e. The first-order valence-electron chi connectivity index (χ1n) is 13.5. The number of benzene rings is 2. The van der Waals surface area contributed by atoms with Crippen LogP contribution in [0.4, 0.5) is 21.6 Å². The van der Waals surface area contributed by atoms with E-state index in [1.165, 1.54) is 6.33 Å². The molecule has 4 aromatic rings. The fourth-order valence-electron chi connectivity index (χ4n) is 5.28. The van der Waals surface area contributed by atoms with Crippen molar-refractivity contribution in [3.63, 3.8) is 0 Å². The maximum atomic E-state index is 15.4. The Morgan fingerprint density at radius 3 is 2.54 bits per heavy atom. The lowest BCUT2D eigenvalue weighted by atomic mass is 10.1. The lowest BCUT2D eigenvalue weighted by Crippen LogP contribution is -2.43. The van der Waals surface area contributed by atoms with E-state index in [4.69, 9.17) is 4.74 Å². The van der Waals surface area contributed by atoms with E-state index in [2.05, 4.69) is 42.6 Å². The van der Waals surface area contributed by atoms with Crippen molar-refractivity contribution < 1.29 is 13.9 Å². The molecular weight excluding hydrogens is 497 g/mol. The molecule has 39 heavy (non-hydrogen) atoms. The van der Waals surface area contributed by atoms with E-state index in [0.717, 1.165) is 62.5 Å². The van der Waals surface area contributed by atoms with Gasteiger partial charge < -0.3 is 30.2 Å². The number of nitrogens with zero attached hydrogens (tertiary/aromatic N) is 4. The second-order valence-corrected chi connectivity index (χ2v) is 10.1. The van der Waals surface area contributed by atoms with Crippen molar-refractivity contribution in [2.24, 2.45) is 0 Å². The molecule has 0 bridgehead atoms. The molecule has 9 nitrogen and oxygen atoms in total. The van der Waals surface area contributed by atoms with Crippen LogP contribution in [-0.4, -0.2) is 65.0 Å². The molecule has 3 N–H and O–H groups in total. The number of piperidine rings is 1. The second kappa shape index (κ2) is 10.9. The largest absolute Gasteiger partial charge is 0.435 e. The second-order valence-electron chi connectivity index (χ2n) is 10.1. The van der Waals surface area contributed by atoms with Gasteiger partial charge in [0.05, 0.1) is 0 Å². The molecule has 1 amide bonds. The predicted octanol–water partition coefficient (Wildman–Crippen LogP) is 4.98. The average molecular weight is 530 g/mol. The van der Waals surface area contributed by atoms with Crippen LogP contribution in [0.25, 0.3) is 10.9 Å². The molecule has 0 spiro atoms. The molecule has 0 unspecified atom stereocenters. The molecule has 10 heteroatoms. The van der Waals surface area contributed by atoms with Crippen molar-refractivity contribution >= 4 is 34.0 Å². The summed E-state index contributed by atoms with van der Waals surface area (Å²) in [6, 6.07) is 13.1. The van der Waals surface area contributed by atoms with Crippen molar-refractivity contribution in [3.8, 4) is 11.6 Å². The van der Waals surface area contributed by atoms with Crippen LogP contribution in [0, 0.1) is 12.7 Å². The van der Waals surface area contributed by atoms with Crippen molar-refractivity contribution in [2.75, 3.05) is 49.5 Å². The first-order valence-corrected chi connectivity index (χ1v) is 13.5. The molecule has 2 aromatic heterocycles. The summed E-state index contributed by atoms with van der Waals surface area (Å²) in [6.45, 7) is 7.00. The summed E-state index contributed by atoms with van der Waals surface area (Å²) in [7, 11) is 0. The van der Waals surface area contributed by atoms with Gasteiger partial charge in [0.15, 0.2) is 17.4 Å². The van der Waals surface area contributed by atoms with Crippen LogP contribution in [0.3, 0.4) is 0 Å². The number of aromatic nitrogens is 3. The summed E-state index contributed by atoms with van der Waals surface area (Å²) in [5.74, 6) is -0.399. The predicted molar refractivity (Wildman–Crippen MR) is 150 cm³/mol. The van der Waals surface area contributed by atoms with Crippen LogP contribution in [0.2, 0.25) is 0 Å². The highest BCUT2D eigenvalue weighted by Crippen LogP contribution is 2.34. The van der Waals surface area contributed by atoms with Crippen LogP contribution in [0.1, 0.15) is 35.3 Å². The van der Waals surface area contributed by atoms with Gasteiger partial charge in [0.25, 0.3) is 5.91 Å². The highest BCUT2D eigenvalue weighted by Gasteiger charge is 2.28. The third-order valence-electron chi connectivity index (χ3n) is 7.33. The molecule has 2 aliphatic rings. The lowest BCUT2D eigenvalue weighted by molar-refractivity contribution is 0.0721. The van der Waals surface area contributed by atoms with E-state index in [9.17, 15) is 4.79 Å². The van der Waals surface area contributed by atoms with E-state index >= 15 is 4.39 Å². The first kappa shape index (κ1) is 25.1. The number of fused-ring (bicyclic) bond motifs is 1. The number of aromatic amines is 1. The summed E-state index contributed by atoms with van der Waals surface area (Å²) < 4.78 is 21.4. The summed E-state index contributed by atoms with van der Waals surface area (Å²) in [6.07, 6.45) is 4.29. The number of rotatable bonds is 6. The molecule has 4 heterocycles. The van der Waals surface area contributed by atoms with Gasteiger partial charge in [-0.15, -0.1) is 0 Å². The van der Waals surface area contributed by atoms with Crippen molar-refractivity contribution in [1.29, 1.82) is 0 Å². The van der Waals surface area contributed by atoms with E-state index < -0.39 is 5.82 Å². The van der Waals surface area contributed by atoms with E-state index in [0.29, 0.717) is 29.8 Å². The molecule has 0 atom stereocenters. The zero-order chi connectivity index (χ0) is 26.8. The minimum absolute atomic E-state index is 0.000724. The van der Waals surface area contributed by atoms with Crippen LogP contribution < -0.4 is 20.3 Å². The summed E-state index contributed by atoms with van der Waals surface area (Å²) in [5, 5.41) is 7.08. The molecule has 2 fully saturated rings. The number of amides is 1. The van der Waals surface area contributed by atoms with Gasteiger partial charge in [-0.3, -0.25) is 4.79 Å². The zero-order valence-corrected chi connectivity index (χ0v) is 22.0. The SMILES string of the molecule is Cc1cc2c(F)c(Oc3ncnc(Nc4ccc(N5CCNCC5)cc4)c3C(=O)N3CCCCC3)ccc2[nH]1. The van der Waals surface area contributed by atoms with Gasteiger partial charge in [-0.1, -0.05) is 0 Å². The van der Waals surface area contributed by atoms with Gasteiger partial charge in [0.1, 0.15) is 11.9 Å². The van der Waals surface area contributed by atoms with Gasteiger partial charge in [0, 0.05) is 67.2 Å². The van der Waals surface area contributed by atoms with Gasteiger partial charge in [0.2, 0.25) is 5.88 Å². The van der Waals surface area contributed by atoms with Gasteiger partial charge >= 0.3 is 0 Å². The molecule has 0 radical (unpaired) electrons. The quantitative estimate of drug-likeness (QED) is 0.324. The number of carbonyl (C=O) groups excluding carboxylic acids is 1. The molecule has 0 saturated carbocycles. The number of hydrogen-bond acceptors (Lipinski definition) is 7. The minimum Gasteiger partial charge on any atom is -0.435 e. The minimum atomic E-state index is -0.509. The summed E-state index contributed by atoms with van der Waals surface area (Å²) in [5.41, 5.74) is 3.64. The zero-order valence-electron chi connectivity index (χ0n) is 22.0. The average Bonchev–Trinajstić information content (AvgIpc) is 3.37. The molecule has 2 aromatic carbocycles. The Hall–Kier alpha value is -4.18. The number of ether oxygens (including phenoxy) is 1. The standard InChI is InChI=1S/C29H32FN7O2/c1-19-17-22-23(34-19)9-10-24(26(22)30)39-28-25(29(38)37-13-3-2-4-14-37)27(32-18-33-28)35-20-5-7-21(8-6-20)36-15-11-31-12-16-36/h5-10,17-18,31,34H,2-4,11-16H2,1H3,(H,32,33,35). The number of nitrogens with one attached hydrogen (secondary N) is 3. The fourth-order valence-corrected chi connectivity index (χ4v) is 5.28. The first-order chi connectivity index (χ1) is 19.1. The molecule has 2 saturated heterocycles. The number of carbonyl (C=O) groups is 1. The molecule has 202 valence electrons. The van der Waals surface area contributed by atoms with Gasteiger partial charge in [-0.2, -0.15) is 0 Å². The van der Waals surface area contributed by atoms with Crippen molar-refractivity contribution in [1.82, 2.24) is 25.2 Å². The Bertz CT molecular complexity index is 1480. The number of halogens is 1. The van der Waals surface area contributed by atoms with Crippen molar-refractivity contribution in [3.05, 3.63) is 65.9 Å². The Morgan fingerprint density at radius 2 is 1.77 bits per heavy atom. The molecular formula is C29H32FN7O2. The number of aryl methyl sites for hydroxylation is 1. The van der Waals surface area contributed by atoms with Gasteiger partial charge in [-0.05, 0) is 68.7 Å². The highest BCUT2D eigenvalue weighted by molar-refractivity contribution is 6.01. The summed E-state index contributed by atoms with van der Waals surface area (Å²) >= 11 is 0. The lowest BCUT2D eigenvalue weighted by Gasteiger charge is -2.29. The van der Waals surface area contributed by atoms with Crippen LogP contribution in [0.15, 0.2) is 48.8 Å². The Morgan fingerprint density at radius 1 is 1.00 bits per heavy atom. The van der Waals surface area contributed by atoms with Gasteiger partial charge in [-0.25, -0.2) is 14.4 Å². The number of anilines is 3. The van der Waals surface area contributed by atoms with Crippen LogP contribution in [0.5, 0.6) is 11.6 Å². The Labute approximate surface area is 226 Å². The monoisotopic (exact) mass is 529 g/mol. The third kappa shape index (κ3) is 5.24. The number of piperazine rings is 1. The maximum Gasteiger partial charge on any atom is 0.263 e. The number of H-pyrrole nitrogens is 1. The number of hydrogen-bond donors (Lipinski definition) is 3. The Kier molecular flexibility index (Phi) is 7.02. The van der Waals surface area contributed by atoms with E-state index in [1.54, 1.807) is 23.1 Å². The van der Waals surface area contributed by atoms with Crippen molar-refractivity contribution in [2.45, 2.75) is 26.2 Å². The van der Waals surface area contributed by atoms with E-state index in [1.807, 2.05) is 19.1 Å². The van der Waals surface area contributed by atoms with Crippen LogP contribution >= 0.6 is 0 Å². The molecule has 6 rings (SSSR count). The Balaban J connectivity index is 1.33. The fraction of sp³-hybridized carbons (Fsp3) is 0.345. The summed E-state index contributed by atoms with van der Waals surface area (Å²) in [4.78, 5) is 29.8. The maximum absolute atomic E-state index is 15.4. The molecule has 2 aliphatic heterocycles. The normalized spacial score (nSPS) is 15.9. The third-order valence-corrected chi connectivity index (χ3v) is 7.33. The molecule has 0 aliphatic carbocycles.